The number of aliphatic hydroxyl groups is 3. The van der Waals surface area contributed by atoms with Gasteiger partial charge in [0, 0.05) is 37.7 Å². The maximum Gasteiger partial charge on any atom is 0.338 e. The van der Waals surface area contributed by atoms with Crippen molar-refractivity contribution in [2.45, 2.75) is 140 Å². The predicted octanol–water partition coefficient (Wildman–Crippen LogP) is 3.94. The number of Topliss-reactive ketones (excluding diaryl/α,β-unsaturated/α-hetero) is 1. The van der Waals surface area contributed by atoms with Gasteiger partial charge in [-0.15, -0.1) is 0 Å². The number of esters is 4. The Balaban J connectivity index is 1.37. The highest BCUT2D eigenvalue weighted by Gasteiger charge is 2.78. The van der Waals surface area contributed by atoms with Crippen LogP contribution in [0, 0.1) is 22.7 Å². The van der Waals surface area contributed by atoms with Gasteiger partial charge in [-0.3, -0.25) is 19.2 Å². The highest BCUT2D eigenvalue weighted by atomic mass is 16.6. The van der Waals surface area contributed by atoms with Crippen LogP contribution < -0.4 is 5.32 Å². The summed E-state index contributed by atoms with van der Waals surface area (Å²) in [4.78, 5) is 83.7. The maximum absolute atomic E-state index is 15.5. The SMILES string of the molecule is CC(=O)O[C@H]1C(=O)[C@@]2(C)[C@H]([C@H](OC(=O)c3ccccc3)[C@]3(O)C[C@H](OC(=O)[C@H](O)[C@@H](NC(=O)c4ccccc4)C4CCCCC4)C(C)=C1C3(C)C)[C@]1(OC(C)=O)CO[C@@H]1C[C@@H]2O. The number of ketones is 1. The Bertz CT molecular complexity index is 2120. The van der Waals surface area contributed by atoms with Crippen LogP contribution in [0.4, 0.5) is 0 Å². The summed E-state index contributed by atoms with van der Waals surface area (Å²) in [5.74, 6) is -6.83. The quantitative estimate of drug-likeness (QED) is 0.151. The summed E-state index contributed by atoms with van der Waals surface area (Å²) in [5, 5.41) is 40.5. The summed E-state index contributed by atoms with van der Waals surface area (Å²) in [6.07, 6.45) is -6.30. The zero-order valence-electron chi connectivity index (χ0n) is 36.0. The van der Waals surface area contributed by atoms with Crippen LogP contribution in [0.3, 0.4) is 0 Å². The Kier molecular flexibility index (Phi) is 12.3. The van der Waals surface area contributed by atoms with Crippen LogP contribution in [0.1, 0.15) is 107 Å². The lowest BCUT2D eigenvalue weighted by molar-refractivity contribution is -0.346. The minimum Gasteiger partial charge on any atom is -0.456 e. The molecule has 3 saturated carbocycles. The lowest BCUT2D eigenvalue weighted by Gasteiger charge is -2.67. The molecule has 0 radical (unpaired) electrons. The van der Waals surface area contributed by atoms with Gasteiger partial charge >= 0.3 is 23.9 Å². The molecule has 4 aliphatic carbocycles. The largest absolute Gasteiger partial charge is 0.456 e. The molecule has 2 aromatic carbocycles. The third-order valence-corrected chi connectivity index (χ3v) is 14.5. The van der Waals surface area contributed by atoms with Crippen molar-refractivity contribution in [1.82, 2.24) is 5.32 Å². The fourth-order valence-corrected chi connectivity index (χ4v) is 11.1. The summed E-state index contributed by atoms with van der Waals surface area (Å²) in [6.45, 7) is 8.11. The summed E-state index contributed by atoms with van der Waals surface area (Å²) >= 11 is 0. The van der Waals surface area contributed by atoms with E-state index in [-0.39, 0.29) is 35.7 Å². The summed E-state index contributed by atoms with van der Waals surface area (Å²) in [6, 6.07) is 15.2. The number of hydrogen-bond donors (Lipinski definition) is 4. The van der Waals surface area contributed by atoms with Gasteiger partial charge in [0.15, 0.2) is 23.6 Å². The average molecular weight is 860 g/mol. The van der Waals surface area contributed by atoms with Gasteiger partial charge in [0.05, 0.1) is 35.6 Å². The van der Waals surface area contributed by atoms with Gasteiger partial charge in [-0.05, 0) is 68.0 Å². The molecule has 4 N–H and O–H groups in total. The van der Waals surface area contributed by atoms with E-state index in [1.807, 2.05) is 0 Å². The zero-order valence-corrected chi connectivity index (χ0v) is 36.0. The maximum atomic E-state index is 15.5. The van der Waals surface area contributed by atoms with Gasteiger partial charge in [-0.2, -0.15) is 0 Å². The summed E-state index contributed by atoms with van der Waals surface area (Å²) in [5.41, 5.74) is -7.13. The minimum atomic E-state index is -2.36. The molecule has 0 unspecified atom stereocenters. The van der Waals surface area contributed by atoms with Crippen LogP contribution in [0.5, 0.6) is 0 Å². The Morgan fingerprint density at radius 2 is 1.47 bits per heavy atom. The van der Waals surface area contributed by atoms with Gasteiger partial charge in [0.2, 0.25) is 0 Å². The van der Waals surface area contributed by atoms with Crippen molar-refractivity contribution in [1.29, 1.82) is 0 Å². The number of carbonyl (C=O) groups excluding carboxylic acids is 6. The van der Waals surface area contributed by atoms with E-state index in [0.717, 1.165) is 33.1 Å². The van der Waals surface area contributed by atoms with E-state index >= 15 is 4.79 Å². The predicted molar refractivity (Wildman–Crippen MR) is 219 cm³/mol. The van der Waals surface area contributed by atoms with Crippen LogP contribution >= 0.6 is 0 Å². The fourth-order valence-electron chi connectivity index (χ4n) is 11.1. The first-order valence-electron chi connectivity index (χ1n) is 21.4. The van der Waals surface area contributed by atoms with E-state index in [0.29, 0.717) is 18.4 Å². The fraction of sp³-hybridized carbons (Fsp3) is 0.574. The van der Waals surface area contributed by atoms with Crippen molar-refractivity contribution < 1.29 is 67.8 Å². The van der Waals surface area contributed by atoms with Crippen molar-refractivity contribution in [3.05, 3.63) is 82.9 Å². The Morgan fingerprint density at radius 1 is 0.855 bits per heavy atom. The molecule has 0 aromatic heterocycles. The van der Waals surface area contributed by atoms with E-state index in [1.54, 1.807) is 69.3 Å². The number of benzene rings is 2. The molecular formula is C47H57NO14. The Hall–Kier alpha value is -4.96. The Morgan fingerprint density at radius 3 is 2.03 bits per heavy atom. The first-order chi connectivity index (χ1) is 29.3. The van der Waals surface area contributed by atoms with Crippen molar-refractivity contribution in [3.63, 3.8) is 0 Å². The van der Waals surface area contributed by atoms with Gasteiger partial charge in [-0.1, -0.05) is 69.5 Å². The monoisotopic (exact) mass is 859 g/mol. The smallest absolute Gasteiger partial charge is 0.338 e. The van der Waals surface area contributed by atoms with Crippen molar-refractivity contribution in [2.24, 2.45) is 22.7 Å². The van der Waals surface area contributed by atoms with Gasteiger partial charge in [0.1, 0.15) is 23.9 Å². The molecule has 1 heterocycles. The number of fused-ring (bicyclic) bond motifs is 5. The van der Waals surface area contributed by atoms with Crippen LogP contribution in [0.25, 0.3) is 0 Å². The number of nitrogens with one attached hydrogen (secondary N) is 1. The second-order valence-electron chi connectivity index (χ2n) is 18.4. The molecule has 15 heteroatoms. The lowest BCUT2D eigenvalue weighted by Crippen LogP contribution is -2.82. The van der Waals surface area contributed by atoms with Crippen LogP contribution in [-0.2, 0) is 42.9 Å². The van der Waals surface area contributed by atoms with E-state index in [9.17, 15) is 39.3 Å². The van der Waals surface area contributed by atoms with Gasteiger partial charge in [0.25, 0.3) is 5.91 Å². The number of amides is 1. The molecule has 4 fully saturated rings. The summed E-state index contributed by atoms with van der Waals surface area (Å²) < 4.78 is 30.4. The Labute approximate surface area is 360 Å². The molecule has 15 nitrogen and oxygen atoms in total. The van der Waals surface area contributed by atoms with Gasteiger partial charge in [-0.25, -0.2) is 9.59 Å². The highest BCUT2D eigenvalue weighted by molar-refractivity contribution is 5.96. The molecule has 62 heavy (non-hydrogen) atoms. The molecule has 1 aliphatic heterocycles. The second kappa shape index (κ2) is 17.0. The number of hydrogen-bond acceptors (Lipinski definition) is 14. The topological polar surface area (TPSA) is 221 Å². The molecule has 1 saturated heterocycles. The first-order valence-corrected chi connectivity index (χ1v) is 21.4. The third kappa shape index (κ3) is 7.54. The van der Waals surface area contributed by atoms with E-state index in [1.165, 1.54) is 19.1 Å². The minimum absolute atomic E-state index is 0.0288. The van der Waals surface area contributed by atoms with Crippen molar-refractivity contribution in [2.75, 3.05) is 6.61 Å². The van der Waals surface area contributed by atoms with E-state index in [2.05, 4.69) is 5.32 Å². The molecule has 7 rings (SSSR count). The molecular weight excluding hydrogens is 803 g/mol. The van der Waals surface area contributed by atoms with Gasteiger partial charge < -0.3 is 44.3 Å². The number of ether oxygens (including phenoxy) is 5. The van der Waals surface area contributed by atoms with Crippen LogP contribution in [0.15, 0.2) is 71.8 Å². The average Bonchev–Trinajstić information content (AvgIpc) is 3.24. The van der Waals surface area contributed by atoms with Crippen molar-refractivity contribution >= 4 is 35.6 Å². The first kappa shape index (κ1) is 45.1. The van der Waals surface area contributed by atoms with E-state index in [4.69, 9.17) is 23.7 Å². The molecule has 0 spiro atoms. The van der Waals surface area contributed by atoms with E-state index < -0.39 is 113 Å². The lowest BCUT2D eigenvalue weighted by atomic mass is 9.44. The molecule has 11 atom stereocenters. The third-order valence-electron chi connectivity index (χ3n) is 14.5. The molecule has 334 valence electrons. The van der Waals surface area contributed by atoms with Crippen LogP contribution in [-0.4, -0.2) is 111 Å². The van der Waals surface area contributed by atoms with Crippen LogP contribution in [0.2, 0.25) is 0 Å². The number of aliphatic hydroxyl groups excluding tert-OH is 2. The standard InChI is InChI=1S/C47H57NO14/c1-25-31(60-43(56)36(52)35(28-16-10-7-11-17-28)48-41(54)29-18-12-8-13-19-29)23-47(57)40(61-42(55)30-20-14-9-15-21-30)38-45(6,32(51)22-33-46(38,24-58-33)62-27(3)50)39(53)37(59-26(2)49)34(25)44(47,4)5/h8-9,12-15,18-21,28,31-33,35-38,40,51-52,57H,7,10-11,16-17,22-24H2,1-6H3,(H,48,54)/t31-,32-,33+,35-,36+,37+,38-,40-,45+,46-,47+/m0/s1. The molecule has 1 amide bonds. The highest BCUT2D eigenvalue weighted by Crippen LogP contribution is 2.64. The molecule has 5 aliphatic rings. The van der Waals surface area contributed by atoms with Crippen molar-refractivity contribution in [3.8, 4) is 0 Å². The number of rotatable bonds is 10. The number of carbonyl (C=O) groups is 6. The molecule has 2 aromatic rings. The normalized spacial score (nSPS) is 33.7. The zero-order chi connectivity index (χ0) is 44.9. The second-order valence-corrected chi connectivity index (χ2v) is 18.4. The molecule has 2 bridgehead atoms. The summed E-state index contributed by atoms with van der Waals surface area (Å²) in [7, 11) is 0.